The number of rotatable bonds is 6. The van der Waals surface area contributed by atoms with E-state index in [9.17, 15) is 14.9 Å². The van der Waals surface area contributed by atoms with Crippen molar-refractivity contribution < 1.29 is 14.1 Å². The third-order valence-corrected chi connectivity index (χ3v) is 5.25. The van der Waals surface area contributed by atoms with Crippen molar-refractivity contribution in [3.8, 4) is 0 Å². The molecule has 0 aliphatic carbocycles. The second-order valence-corrected chi connectivity index (χ2v) is 6.88. The molecular formula is C17H17N5O4S. The molecule has 1 amide bonds. The molecule has 2 heterocycles. The first-order valence-corrected chi connectivity index (χ1v) is 8.81. The molecule has 1 unspecified atom stereocenters. The van der Waals surface area contributed by atoms with Crippen LogP contribution in [0.1, 0.15) is 29.1 Å². The summed E-state index contributed by atoms with van der Waals surface area (Å²) < 4.78 is 6.99. The number of aryl methyl sites for hydroxylation is 1. The normalized spacial score (nSPS) is 12.0. The maximum absolute atomic E-state index is 12.8. The summed E-state index contributed by atoms with van der Waals surface area (Å²) in [4.78, 5) is 25.6. The van der Waals surface area contributed by atoms with E-state index in [0.717, 1.165) is 11.8 Å². The van der Waals surface area contributed by atoms with E-state index in [4.69, 9.17) is 4.42 Å². The van der Waals surface area contributed by atoms with Gasteiger partial charge in [-0.15, -0.1) is 10.2 Å². The molecular weight excluding hydrogens is 370 g/mol. The van der Waals surface area contributed by atoms with E-state index >= 15 is 0 Å². The van der Waals surface area contributed by atoms with E-state index in [1.54, 1.807) is 42.9 Å². The Morgan fingerprint density at radius 2 is 2.19 bits per heavy atom. The van der Waals surface area contributed by atoms with Crippen molar-refractivity contribution in [2.24, 2.45) is 7.05 Å². The molecule has 1 aromatic carbocycles. The zero-order valence-corrected chi connectivity index (χ0v) is 15.7. The number of nitro benzene ring substituents is 1. The van der Waals surface area contributed by atoms with Crippen molar-refractivity contribution in [3.05, 3.63) is 64.4 Å². The fourth-order valence-electron chi connectivity index (χ4n) is 2.44. The van der Waals surface area contributed by atoms with E-state index in [1.165, 1.54) is 23.6 Å². The maximum atomic E-state index is 12.8. The number of nitrogens with zero attached hydrogens (tertiary/aromatic N) is 5. The number of aromatic nitrogens is 3. The van der Waals surface area contributed by atoms with Gasteiger partial charge < -0.3 is 13.9 Å². The third kappa shape index (κ3) is 3.85. The van der Waals surface area contributed by atoms with Gasteiger partial charge in [0.05, 0.1) is 22.1 Å². The summed E-state index contributed by atoms with van der Waals surface area (Å²) in [5.74, 6) is 0.298. The molecule has 0 bridgehead atoms. The topological polar surface area (TPSA) is 107 Å². The van der Waals surface area contributed by atoms with Gasteiger partial charge in [0, 0.05) is 25.7 Å². The predicted molar refractivity (Wildman–Crippen MR) is 97.4 cm³/mol. The average Bonchev–Trinajstić information content (AvgIpc) is 3.32. The monoisotopic (exact) mass is 387 g/mol. The Morgan fingerprint density at radius 3 is 2.78 bits per heavy atom. The van der Waals surface area contributed by atoms with E-state index in [1.807, 2.05) is 6.92 Å². The van der Waals surface area contributed by atoms with Crippen LogP contribution in [-0.2, 0) is 7.05 Å². The van der Waals surface area contributed by atoms with Crippen molar-refractivity contribution in [1.29, 1.82) is 0 Å². The minimum Gasteiger partial charge on any atom is -0.467 e. The number of hydrogen-bond acceptors (Lipinski definition) is 7. The number of furan rings is 1. The summed E-state index contributed by atoms with van der Waals surface area (Å²) in [6.45, 7) is 1.82. The minimum absolute atomic E-state index is 0.159. The molecule has 9 nitrogen and oxygen atoms in total. The van der Waals surface area contributed by atoms with Crippen LogP contribution in [0, 0.1) is 10.1 Å². The number of amides is 1. The third-order valence-electron chi connectivity index (χ3n) is 4.13. The lowest BCUT2D eigenvalue weighted by atomic mass is 10.1. The molecule has 3 aromatic rings. The van der Waals surface area contributed by atoms with E-state index in [-0.39, 0.29) is 23.2 Å². The van der Waals surface area contributed by atoms with Gasteiger partial charge in [-0.3, -0.25) is 14.9 Å². The number of hydrogen-bond donors (Lipinski definition) is 0. The Labute approximate surface area is 159 Å². The van der Waals surface area contributed by atoms with Crippen LogP contribution in [0.2, 0.25) is 0 Å². The van der Waals surface area contributed by atoms with Gasteiger partial charge in [0.25, 0.3) is 11.6 Å². The van der Waals surface area contributed by atoms with Crippen molar-refractivity contribution in [2.75, 3.05) is 7.05 Å². The quantitative estimate of drug-likeness (QED) is 0.472. The first-order valence-electron chi connectivity index (χ1n) is 7.99. The zero-order valence-electron chi connectivity index (χ0n) is 14.9. The maximum Gasteiger partial charge on any atom is 0.284 e. The van der Waals surface area contributed by atoms with Crippen LogP contribution in [0.15, 0.2) is 57.4 Å². The van der Waals surface area contributed by atoms with Crippen molar-refractivity contribution in [2.45, 2.75) is 23.0 Å². The molecule has 3 rings (SSSR count). The van der Waals surface area contributed by atoms with Crippen molar-refractivity contribution in [3.63, 3.8) is 0 Å². The van der Waals surface area contributed by atoms with Crippen LogP contribution in [-0.4, -0.2) is 37.5 Å². The van der Waals surface area contributed by atoms with Crippen LogP contribution in [0.25, 0.3) is 0 Å². The molecule has 0 radical (unpaired) electrons. The van der Waals surface area contributed by atoms with E-state index < -0.39 is 4.92 Å². The van der Waals surface area contributed by atoms with Crippen LogP contribution >= 0.6 is 11.8 Å². The number of carbonyl (C=O) groups excluding carboxylic acids is 1. The minimum atomic E-state index is -0.508. The van der Waals surface area contributed by atoms with Gasteiger partial charge in [0.1, 0.15) is 12.1 Å². The summed E-state index contributed by atoms with van der Waals surface area (Å²) in [5, 5.41) is 19.7. The molecule has 0 aliphatic rings. The number of nitro groups is 1. The molecule has 0 N–H and O–H groups in total. The summed E-state index contributed by atoms with van der Waals surface area (Å²) in [6, 6.07) is 7.62. The summed E-state index contributed by atoms with van der Waals surface area (Å²) >= 11 is 1.12. The lowest BCUT2D eigenvalue weighted by Crippen LogP contribution is -2.29. The van der Waals surface area contributed by atoms with Crippen LogP contribution in [0.3, 0.4) is 0 Å². The summed E-state index contributed by atoms with van der Waals surface area (Å²) in [5.41, 5.74) is 0.0674. The van der Waals surface area contributed by atoms with E-state index in [2.05, 4.69) is 10.2 Å². The number of benzene rings is 1. The Hall–Kier alpha value is -3.14. The highest BCUT2D eigenvalue weighted by atomic mass is 32.2. The Bertz CT molecular complexity index is 970. The molecule has 27 heavy (non-hydrogen) atoms. The highest BCUT2D eigenvalue weighted by molar-refractivity contribution is 7.99. The van der Waals surface area contributed by atoms with Gasteiger partial charge in [-0.25, -0.2) is 0 Å². The van der Waals surface area contributed by atoms with Crippen molar-refractivity contribution in [1.82, 2.24) is 19.7 Å². The molecule has 10 heteroatoms. The van der Waals surface area contributed by atoms with Crippen LogP contribution in [0.4, 0.5) is 5.69 Å². The van der Waals surface area contributed by atoms with Gasteiger partial charge in [0.2, 0.25) is 0 Å². The van der Waals surface area contributed by atoms with E-state index in [0.29, 0.717) is 15.8 Å². The van der Waals surface area contributed by atoms with Gasteiger partial charge in [-0.05, 0) is 43.0 Å². The molecule has 2 aromatic heterocycles. The van der Waals surface area contributed by atoms with Gasteiger partial charge in [-0.2, -0.15) is 0 Å². The highest BCUT2D eigenvalue weighted by Crippen LogP contribution is 2.34. The Balaban J connectivity index is 1.88. The largest absolute Gasteiger partial charge is 0.467 e. The fourth-order valence-corrected chi connectivity index (χ4v) is 3.29. The van der Waals surface area contributed by atoms with Gasteiger partial charge >= 0.3 is 0 Å². The summed E-state index contributed by atoms with van der Waals surface area (Å²) in [6.07, 6.45) is 3.05. The first kappa shape index (κ1) is 18.6. The molecule has 1 atom stereocenters. The molecule has 140 valence electrons. The fraction of sp³-hybridized carbons (Fsp3) is 0.235. The van der Waals surface area contributed by atoms with Crippen LogP contribution in [0.5, 0.6) is 0 Å². The average molecular weight is 387 g/mol. The Kier molecular flexibility index (Phi) is 5.26. The molecule has 0 fully saturated rings. The SMILES string of the molecule is CC(c1ccco1)N(C)C(=O)c1ccc(Sc2nncn2C)c([N+](=O)[O-])c1. The Morgan fingerprint density at radius 1 is 1.41 bits per heavy atom. The molecule has 0 spiro atoms. The van der Waals surface area contributed by atoms with Gasteiger partial charge in [0.15, 0.2) is 5.16 Å². The smallest absolute Gasteiger partial charge is 0.284 e. The van der Waals surface area contributed by atoms with Crippen molar-refractivity contribution >= 4 is 23.4 Å². The molecule has 0 aliphatic heterocycles. The van der Waals surface area contributed by atoms with Crippen LogP contribution < -0.4 is 0 Å². The zero-order chi connectivity index (χ0) is 19.6. The molecule has 0 saturated carbocycles. The predicted octanol–water partition coefficient (Wildman–Crippen LogP) is 3.30. The molecule has 0 saturated heterocycles. The second kappa shape index (κ2) is 7.62. The number of carbonyl (C=O) groups is 1. The summed E-state index contributed by atoms with van der Waals surface area (Å²) in [7, 11) is 3.38. The second-order valence-electron chi connectivity index (χ2n) is 5.87. The lowest BCUT2D eigenvalue weighted by molar-refractivity contribution is -0.387. The standard InChI is InChI=1S/C17H17N5O4S/c1-11(14-5-4-8-26-14)21(3)16(23)12-6-7-15(13(9-12)22(24)25)27-17-19-18-10-20(17)2/h4-11H,1-3H3. The highest BCUT2D eigenvalue weighted by Gasteiger charge is 2.24. The first-order chi connectivity index (χ1) is 12.9. The van der Waals surface area contributed by atoms with Gasteiger partial charge in [-0.1, -0.05) is 0 Å². The lowest BCUT2D eigenvalue weighted by Gasteiger charge is -2.23.